The molecule has 0 heterocycles. The van der Waals surface area contributed by atoms with Gasteiger partial charge < -0.3 is 10.4 Å². The van der Waals surface area contributed by atoms with E-state index < -0.39 is 16.0 Å². The Hall–Kier alpha value is -1.93. The fourth-order valence-corrected chi connectivity index (χ4v) is 2.03. The standard InChI is InChI=1S/C12H16N2O5S/c1-20(18,19)14-7-6-13-11(15)8-9-4-2-3-5-10(9)12(16)17/h2-5,14H,6-8H2,1H3,(H,13,15)(H,16,17). The summed E-state index contributed by atoms with van der Waals surface area (Å²) in [6.45, 7) is 0.228. The zero-order valence-corrected chi connectivity index (χ0v) is 11.7. The largest absolute Gasteiger partial charge is 0.478 e. The van der Waals surface area contributed by atoms with Crippen LogP contribution in [0.2, 0.25) is 0 Å². The highest BCUT2D eigenvalue weighted by atomic mass is 32.2. The van der Waals surface area contributed by atoms with E-state index in [1.165, 1.54) is 6.07 Å². The van der Waals surface area contributed by atoms with Crippen molar-refractivity contribution in [3.63, 3.8) is 0 Å². The van der Waals surface area contributed by atoms with E-state index in [0.29, 0.717) is 5.56 Å². The molecule has 0 aliphatic carbocycles. The van der Waals surface area contributed by atoms with Gasteiger partial charge in [0.05, 0.1) is 18.2 Å². The summed E-state index contributed by atoms with van der Waals surface area (Å²) in [5.74, 6) is -1.46. The fourth-order valence-electron chi connectivity index (χ4n) is 1.56. The molecule has 20 heavy (non-hydrogen) atoms. The Morgan fingerprint density at radius 3 is 2.45 bits per heavy atom. The van der Waals surface area contributed by atoms with E-state index in [1.807, 2.05) is 0 Å². The number of carboxylic acids is 1. The van der Waals surface area contributed by atoms with Crippen molar-refractivity contribution >= 4 is 21.9 Å². The highest BCUT2D eigenvalue weighted by Gasteiger charge is 2.12. The topological polar surface area (TPSA) is 113 Å². The second-order valence-electron chi connectivity index (χ2n) is 4.16. The summed E-state index contributed by atoms with van der Waals surface area (Å²) in [6, 6.07) is 6.23. The van der Waals surface area contributed by atoms with Gasteiger partial charge in [-0.1, -0.05) is 18.2 Å². The van der Waals surface area contributed by atoms with E-state index in [-0.39, 0.29) is 31.0 Å². The fraction of sp³-hybridized carbons (Fsp3) is 0.333. The lowest BCUT2D eigenvalue weighted by Gasteiger charge is -2.07. The summed E-state index contributed by atoms with van der Waals surface area (Å²) in [4.78, 5) is 22.6. The number of carboxylic acid groups (broad SMARTS) is 1. The average molecular weight is 300 g/mol. The molecule has 0 atom stereocenters. The van der Waals surface area contributed by atoms with Gasteiger partial charge in [0.25, 0.3) is 0 Å². The van der Waals surface area contributed by atoms with Crippen molar-refractivity contribution < 1.29 is 23.1 Å². The molecule has 0 saturated carbocycles. The molecule has 110 valence electrons. The van der Waals surface area contributed by atoms with Gasteiger partial charge in [0, 0.05) is 13.1 Å². The van der Waals surface area contributed by atoms with Gasteiger partial charge in [-0.15, -0.1) is 0 Å². The molecule has 0 aliphatic heterocycles. The highest BCUT2D eigenvalue weighted by molar-refractivity contribution is 7.88. The van der Waals surface area contributed by atoms with Crippen LogP contribution in [-0.4, -0.2) is 44.7 Å². The van der Waals surface area contributed by atoms with Crippen LogP contribution in [0.4, 0.5) is 0 Å². The molecule has 3 N–H and O–H groups in total. The lowest BCUT2D eigenvalue weighted by atomic mass is 10.0. The summed E-state index contributed by atoms with van der Waals surface area (Å²) in [5, 5.41) is 11.5. The molecular weight excluding hydrogens is 284 g/mol. The predicted octanol–water partition coefficient (Wildman–Crippen LogP) is -0.407. The maximum atomic E-state index is 11.6. The molecule has 7 nitrogen and oxygen atoms in total. The van der Waals surface area contributed by atoms with Gasteiger partial charge in [0.1, 0.15) is 0 Å². The summed E-state index contributed by atoms with van der Waals surface area (Å²) in [6.07, 6.45) is 0.958. The second-order valence-corrected chi connectivity index (χ2v) is 5.99. The first-order valence-corrected chi connectivity index (χ1v) is 7.71. The maximum Gasteiger partial charge on any atom is 0.335 e. The molecule has 0 aromatic heterocycles. The minimum Gasteiger partial charge on any atom is -0.478 e. The van der Waals surface area contributed by atoms with Crippen molar-refractivity contribution in [1.82, 2.24) is 10.0 Å². The molecule has 0 bridgehead atoms. The Bertz CT molecular complexity index is 598. The van der Waals surface area contributed by atoms with E-state index in [9.17, 15) is 18.0 Å². The third-order valence-corrected chi connectivity index (χ3v) is 3.14. The van der Waals surface area contributed by atoms with Gasteiger partial charge in [-0.25, -0.2) is 17.9 Å². The summed E-state index contributed by atoms with van der Waals surface area (Å²) in [7, 11) is -3.28. The van der Waals surface area contributed by atoms with Crippen molar-refractivity contribution in [1.29, 1.82) is 0 Å². The average Bonchev–Trinajstić information content (AvgIpc) is 2.34. The number of aromatic carboxylic acids is 1. The quantitative estimate of drug-likeness (QED) is 0.593. The molecule has 1 rings (SSSR count). The Morgan fingerprint density at radius 1 is 1.20 bits per heavy atom. The molecule has 1 aromatic rings. The van der Waals surface area contributed by atoms with E-state index in [4.69, 9.17) is 5.11 Å². The van der Waals surface area contributed by atoms with Crippen LogP contribution in [0.25, 0.3) is 0 Å². The molecule has 1 amide bonds. The Kier molecular flexibility index (Phi) is 5.66. The van der Waals surface area contributed by atoms with Crippen molar-refractivity contribution in [2.75, 3.05) is 19.3 Å². The molecule has 1 aromatic carbocycles. The molecule has 0 saturated heterocycles. The number of sulfonamides is 1. The third-order valence-electron chi connectivity index (χ3n) is 2.41. The number of hydrogen-bond acceptors (Lipinski definition) is 4. The van der Waals surface area contributed by atoms with Crippen molar-refractivity contribution in [2.45, 2.75) is 6.42 Å². The maximum absolute atomic E-state index is 11.6. The van der Waals surface area contributed by atoms with E-state index in [1.54, 1.807) is 18.2 Å². The van der Waals surface area contributed by atoms with Crippen LogP contribution in [0.3, 0.4) is 0 Å². The predicted molar refractivity (Wildman–Crippen MR) is 73.0 cm³/mol. The van der Waals surface area contributed by atoms with Gasteiger partial charge in [0.2, 0.25) is 15.9 Å². The number of benzene rings is 1. The number of carbonyl (C=O) groups excluding carboxylic acids is 1. The molecule has 0 radical (unpaired) electrons. The van der Waals surface area contributed by atoms with Crippen molar-refractivity contribution in [3.8, 4) is 0 Å². The van der Waals surface area contributed by atoms with Crippen LogP contribution in [0.15, 0.2) is 24.3 Å². The first kappa shape index (κ1) is 16.1. The van der Waals surface area contributed by atoms with E-state index in [0.717, 1.165) is 6.26 Å². The highest BCUT2D eigenvalue weighted by Crippen LogP contribution is 2.09. The molecule has 0 aliphatic rings. The lowest BCUT2D eigenvalue weighted by molar-refractivity contribution is -0.120. The first-order valence-electron chi connectivity index (χ1n) is 5.82. The third kappa shape index (κ3) is 5.81. The van der Waals surface area contributed by atoms with Crippen LogP contribution in [0.5, 0.6) is 0 Å². The van der Waals surface area contributed by atoms with Crippen LogP contribution in [0, 0.1) is 0 Å². The minimum atomic E-state index is -3.28. The molecule has 0 fully saturated rings. The smallest absolute Gasteiger partial charge is 0.335 e. The Morgan fingerprint density at radius 2 is 1.85 bits per heavy atom. The zero-order valence-electron chi connectivity index (χ0n) is 10.9. The number of hydrogen-bond donors (Lipinski definition) is 3. The summed E-state index contributed by atoms with van der Waals surface area (Å²) >= 11 is 0. The number of amides is 1. The molecule has 0 spiro atoms. The van der Waals surface area contributed by atoms with Crippen LogP contribution >= 0.6 is 0 Å². The zero-order chi connectivity index (χ0) is 15.2. The van der Waals surface area contributed by atoms with Gasteiger partial charge in [0.15, 0.2) is 0 Å². The lowest BCUT2D eigenvalue weighted by Crippen LogP contribution is -2.35. The normalized spacial score (nSPS) is 11.1. The van der Waals surface area contributed by atoms with Crippen LogP contribution in [-0.2, 0) is 21.2 Å². The van der Waals surface area contributed by atoms with Crippen molar-refractivity contribution in [2.24, 2.45) is 0 Å². The van der Waals surface area contributed by atoms with Crippen molar-refractivity contribution in [3.05, 3.63) is 35.4 Å². The van der Waals surface area contributed by atoms with Gasteiger partial charge in [-0.05, 0) is 11.6 Å². The molecule has 0 unspecified atom stereocenters. The number of nitrogens with one attached hydrogen (secondary N) is 2. The minimum absolute atomic E-state index is 0.0681. The van der Waals surface area contributed by atoms with Crippen LogP contribution in [0.1, 0.15) is 15.9 Å². The first-order chi connectivity index (χ1) is 9.29. The number of rotatable bonds is 7. The monoisotopic (exact) mass is 300 g/mol. The van der Waals surface area contributed by atoms with E-state index in [2.05, 4.69) is 10.0 Å². The number of carbonyl (C=O) groups is 2. The van der Waals surface area contributed by atoms with Gasteiger partial charge >= 0.3 is 5.97 Å². The summed E-state index contributed by atoms with van der Waals surface area (Å²) < 4.78 is 23.8. The molecule has 8 heteroatoms. The second kappa shape index (κ2) is 7.01. The van der Waals surface area contributed by atoms with E-state index >= 15 is 0 Å². The summed E-state index contributed by atoms with van der Waals surface area (Å²) in [5.41, 5.74) is 0.491. The van der Waals surface area contributed by atoms with Crippen LogP contribution < -0.4 is 10.0 Å². The Balaban J connectivity index is 2.49. The van der Waals surface area contributed by atoms with Gasteiger partial charge in [-0.2, -0.15) is 0 Å². The Labute approximate surface area is 117 Å². The van der Waals surface area contributed by atoms with Gasteiger partial charge in [-0.3, -0.25) is 4.79 Å². The SMILES string of the molecule is CS(=O)(=O)NCCNC(=O)Cc1ccccc1C(=O)O. The molecular formula is C12H16N2O5S.